The van der Waals surface area contributed by atoms with E-state index in [1.54, 1.807) is 16.4 Å². The van der Waals surface area contributed by atoms with Crippen LogP contribution in [-0.4, -0.2) is 49.4 Å². The van der Waals surface area contributed by atoms with E-state index in [0.717, 1.165) is 19.3 Å². The summed E-state index contributed by atoms with van der Waals surface area (Å²) in [6, 6.07) is 13.3. The number of pyridine rings is 1. The zero-order valence-electron chi connectivity index (χ0n) is 17.3. The van der Waals surface area contributed by atoms with Gasteiger partial charge in [0.1, 0.15) is 4.90 Å². The Morgan fingerprint density at radius 1 is 1.16 bits per heavy atom. The molecule has 2 fully saturated rings. The van der Waals surface area contributed by atoms with Gasteiger partial charge in [-0.1, -0.05) is 36.9 Å². The Labute approximate surface area is 183 Å². The van der Waals surface area contributed by atoms with Gasteiger partial charge in [-0.15, -0.1) is 0 Å². The summed E-state index contributed by atoms with van der Waals surface area (Å²) in [4.78, 5) is 15.9. The highest BCUT2D eigenvalue weighted by molar-refractivity contribution is 7.89. The summed E-state index contributed by atoms with van der Waals surface area (Å²) in [7, 11) is -3.59. The average Bonchev–Trinajstić information content (AvgIpc) is 3.34. The number of fused-ring (bicyclic) bond motifs is 1. The fraction of sp³-hybridized carbons (Fsp3) is 0.391. The second kappa shape index (κ2) is 9.20. The molecule has 1 saturated carbocycles. The predicted molar refractivity (Wildman–Crippen MR) is 117 cm³/mol. The maximum atomic E-state index is 13.0. The normalized spacial score (nSPS) is 23.3. The monoisotopic (exact) mass is 441 g/mol. The lowest BCUT2D eigenvalue weighted by Gasteiger charge is -2.19. The minimum absolute atomic E-state index is 0.0966. The molecule has 1 amide bonds. The van der Waals surface area contributed by atoms with Gasteiger partial charge in [-0.2, -0.15) is 4.31 Å². The first-order valence-electron chi connectivity index (χ1n) is 10.5. The van der Waals surface area contributed by atoms with Crippen LogP contribution in [-0.2, 0) is 21.2 Å². The standard InChI is InChI=1S/C23H27N3O4S/c1-2-22(27)25-20-12-18-15-26(16-19(18)13-20)31(28,29)21-8-9-23(24-14-21)30-11-10-17-6-4-3-5-7-17/h2-9,14,18-20H,1,10-13,15-16H2,(H,25,27). The summed E-state index contributed by atoms with van der Waals surface area (Å²) < 4.78 is 33.3. The van der Waals surface area contributed by atoms with Gasteiger partial charge < -0.3 is 10.1 Å². The van der Waals surface area contributed by atoms with E-state index in [9.17, 15) is 13.2 Å². The van der Waals surface area contributed by atoms with Crippen LogP contribution in [0.4, 0.5) is 0 Å². The van der Waals surface area contributed by atoms with Crippen LogP contribution >= 0.6 is 0 Å². The fourth-order valence-corrected chi connectivity index (χ4v) is 6.00. The number of benzene rings is 1. The molecule has 1 aliphatic carbocycles. The predicted octanol–water partition coefficient (Wildman–Crippen LogP) is 2.40. The summed E-state index contributed by atoms with van der Waals surface area (Å²) in [6.07, 6.45) is 4.99. The fourth-order valence-electron chi connectivity index (χ4n) is 4.50. The van der Waals surface area contributed by atoms with Crippen molar-refractivity contribution in [3.63, 3.8) is 0 Å². The van der Waals surface area contributed by atoms with E-state index < -0.39 is 10.0 Å². The van der Waals surface area contributed by atoms with Gasteiger partial charge in [0, 0.05) is 31.6 Å². The molecule has 7 nitrogen and oxygen atoms in total. The van der Waals surface area contributed by atoms with E-state index in [2.05, 4.69) is 16.9 Å². The zero-order chi connectivity index (χ0) is 21.8. The van der Waals surface area contributed by atoms with Gasteiger partial charge in [-0.25, -0.2) is 13.4 Å². The summed E-state index contributed by atoms with van der Waals surface area (Å²) >= 11 is 0. The minimum Gasteiger partial charge on any atom is -0.477 e. The molecular formula is C23H27N3O4S. The van der Waals surface area contributed by atoms with Crippen molar-refractivity contribution >= 4 is 15.9 Å². The molecule has 2 aromatic rings. The third kappa shape index (κ3) is 4.97. The number of nitrogens with zero attached hydrogens (tertiary/aromatic N) is 2. The van der Waals surface area contributed by atoms with Crippen molar-refractivity contribution in [2.75, 3.05) is 19.7 Å². The molecule has 0 radical (unpaired) electrons. The molecule has 31 heavy (non-hydrogen) atoms. The number of carbonyl (C=O) groups excluding carboxylic acids is 1. The second-order valence-electron chi connectivity index (χ2n) is 8.14. The number of nitrogens with one attached hydrogen (secondary N) is 1. The van der Waals surface area contributed by atoms with Gasteiger partial charge in [0.25, 0.3) is 0 Å². The van der Waals surface area contributed by atoms with Gasteiger partial charge in [0.15, 0.2) is 0 Å². The topological polar surface area (TPSA) is 88.6 Å². The molecule has 2 unspecified atom stereocenters. The third-order valence-electron chi connectivity index (χ3n) is 6.08. The minimum atomic E-state index is -3.59. The SMILES string of the molecule is C=CC(=O)NC1CC2CN(S(=O)(=O)c3ccc(OCCc4ccccc4)nc3)CC2C1. The maximum Gasteiger partial charge on any atom is 0.244 e. The van der Waals surface area contributed by atoms with Crippen LogP contribution < -0.4 is 10.1 Å². The Hall–Kier alpha value is -2.71. The van der Waals surface area contributed by atoms with Crippen molar-refractivity contribution in [2.24, 2.45) is 11.8 Å². The van der Waals surface area contributed by atoms with Gasteiger partial charge >= 0.3 is 0 Å². The summed E-state index contributed by atoms with van der Waals surface area (Å²) in [5, 5.41) is 2.93. The molecule has 1 aliphatic heterocycles. The maximum absolute atomic E-state index is 13.0. The van der Waals surface area contributed by atoms with E-state index in [0.29, 0.717) is 25.6 Å². The number of carbonyl (C=O) groups is 1. The van der Waals surface area contributed by atoms with Crippen molar-refractivity contribution in [1.29, 1.82) is 0 Å². The molecule has 1 saturated heterocycles. The Bertz CT molecular complexity index is 1010. The number of amides is 1. The number of hydrogen-bond acceptors (Lipinski definition) is 5. The first kappa shape index (κ1) is 21.5. The van der Waals surface area contributed by atoms with Crippen molar-refractivity contribution in [2.45, 2.75) is 30.2 Å². The number of rotatable bonds is 8. The summed E-state index contributed by atoms with van der Waals surface area (Å²) in [5.74, 6) is 0.762. The van der Waals surface area contributed by atoms with E-state index in [-0.39, 0.29) is 28.7 Å². The molecule has 1 aromatic carbocycles. The highest BCUT2D eigenvalue weighted by Gasteiger charge is 2.45. The quantitative estimate of drug-likeness (QED) is 0.636. The Kier molecular flexibility index (Phi) is 6.38. The van der Waals surface area contributed by atoms with Crippen LogP contribution in [0, 0.1) is 11.8 Å². The second-order valence-corrected chi connectivity index (χ2v) is 10.1. The Morgan fingerprint density at radius 3 is 2.48 bits per heavy atom. The highest BCUT2D eigenvalue weighted by Crippen LogP contribution is 2.40. The molecule has 164 valence electrons. The molecule has 0 spiro atoms. The van der Waals surface area contributed by atoms with E-state index in [1.165, 1.54) is 17.8 Å². The smallest absolute Gasteiger partial charge is 0.244 e. The van der Waals surface area contributed by atoms with Gasteiger partial charge in [-0.3, -0.25) is 4.79 Å². The number of sulfonamides is 1. The lowest BCUT2D eigenvalue weighted by molar-refractivity contribution is -0.117. The first-order chi connectivity index (χ1) is 15.0. The van der Waals surface area contributed by atoms with E-state index >= 15 is 0 Å². The van der Waals surface area contributed by atoms with Gasteiger partial charge in [0.2, 0.25) is 21.8 Å². The molecule has 2 atom stereocenters. The number of hydrogen-bond donors (Lipinski definition) is 1. The van der Waals surface area contributed by atoms with Crippen molar-refractivity contribution in [3.05, 3.63) is 66.9 Å². The van der Waals surface area contributed by atoms with Gasteiger partial charge in [0.05, 0.1) is 12.8 Å². The van der Waals surface area contributed by atoms with Crippen LogP contribution in [0.15, 0.2) is 66.2 Å². The summed E-state index contributed by atoms with van der Waals surface area (Å²) in [5.41, 5.74) is 1.17. The average molecular weight is 442 g/mol. The van der Waals surface area contributed by atoms with Crippen LogP contribution in [0.1, 0.15) is 18.4 Å². The lowest BCUT2D eigenvalue weighted by Crippen LogP contribution is -2.35. The third-order valence-corrected chi connectivity index (χ3v) is 7.89. The Balaban J connectivity index is 1.31. The Morgan fingerprint density at radius 2 is 1.87 bits per heavy atom. The summed E-state index contributed by atoms with van der Waals surface area (Å²) in [6.45, 7) is 4.90. The first-order valence-corrected chi connectivity index (χ1v) is 12.0. The molecule has 2 heterocycles. The molecular weight excluding hydrogens is 414 g/mol. The van der Waals surface area contributed by atoms with Crippen molar-refractivity contribution in [3.8, 4) is 5.88 Å². The molecule has 1 N–H and O–H groups in total. The van der Waals surface area contributed by atoms with Gasteiger partial charge in [-0.05, 0) is 42.4 Å². The highest BCUT2D eigenvalue weighted by atomic mass is 32.2. The lowest BCUT2D eigenvalue weighted by atomic mass is 10.0. The van der Waals surface area contributed by atoms with E-state index in [4.69, 9.17) is 4.74 Å². The molecule has 2 aliphatic rings. The largest absolute Gasteiger partial charge is 0.477 e. The van der Waals surface area contributed by atoms with Crippen LogP contribution in [0.2, 0.25) is 0 Å². The molecule has 1 aromatic heterocycles. The van der Waals surface area contributed by atoms with Crippen molar-refractivity contribution in [1.82, 2.24) is 14.6 Å². The number of aromatic nitrogens is 1. The van der Waals surface area contributed by atoms with Crippen molar-refractivity contribution < 1.29 is 17.9 Å². The van der Waals surface area contributed by atoms with Crippen LogP contribution in [0.3, 0.4) is 0 Å². The van der Waals surface area contributed by atoms with Crippen LogP contribution in [0.25, 0.3) is 0 Å². The molecule has 4 rings (SSSR count). The van der Waals surface area contributed by atoms with E-state index in [1.807, 2.05) is 30.3 Å². The molecule has 0 bridgehead atoms. The molecule has 8 heteroatoms. The van der Waals surface area contributed by atoms with Crippen LogP contribution in [0.5, 0.6) is 5.88 Å². The zero-order valence-corrected chi connectivity index (χ0v) is 18.1. The number of ether oxygens (including phenoxy) is 1.